The van der Waals surface area contributed by atoms with Gasteiger partial charge in [0.1, 0.15) is 5.75 Å². The fourth-order valence-corrected chi connectivity index (χ4v) is 5.53. The molecule has 6 nitrogen and oxygen atoms in total. The van der Waals surface area contributed by atoms with Crippen molar-refractivity contribution >= 4 is 16.0 Å². The molecule has 1 saturated carbocycles. The van der Waals surface area contributed by atoms with E-state index in [9.17, 15) is 26.4 Å². The number of hydrogen-bond acceptors (Lipinski definition) is 4. The number of carboxylic acids is 1. The lowest BCUT2D eigenvalue weighted by Gasteiger charge is -2.28. The number of nitrogens with one attached hydrogen (secondary N) is 1. The fourth-order valence-electron chi connectivity index (χ4n) is 4.21. The first kappa shape index (κ1) is 23.6. The zero-order valence-corrected chi connectivity index (χ0v) is 18.7. The molecule has 1 atom stereocenters. The number of carbonyl (C=O) groups is 1. The van der Waals surface area contributed by atoms with E-state index in [1.54, 1.807) is 18.2 Å². The quantitative estimate of drug-likeness (QED) is 0.602. The average Bonchev–Trinajstić information content (AvgIpc) is 3.50. The summed E-state index contributed by atoms with van der Waals surface area (Å²) in [5.41, 5.74) is 0.272. The smallest absolute Gasteiger partial charge is 0.416 e. The van der Waals surface area contributed by atoms with E-state index in [0.29, 0.717) is 60.6 Å². The molecule has 0 radical (unpaired) electrons. The van der Waals surface area contributed by atoms with Crippen molar-refractivity contribution in [2.75, 3.05) is 6.61 Å². The number of ether oxygens (including phenoxy) is 1. The third-order valence-electron chi connectivity index (χ3n) is 6.35. The lowest BCUT2D eigenvalue weighted by Crippen LogP contribution is -2.31. The van der Waals surface area contributed by atoms with Gasteiger partial charge in [-0.15, -0.1) is 0 Å². The van der Waals surface area contributed by atoms with Gasteiger partial charge in [0, 0.05) is 6.04 Å². The van der Waals surface area contributed by atoms with E-state index in [2.05, 4.69) is 4.72 Å². The van der Waals surface area contributed by atoms with Gasteiger partial charge in [-0.2, -0.15) is 13.2 Å². The van der Waals surface area contributed by atoms with E-state index < -0.39 is 50.7 Å². The summed E-state index contributed by atoms with van der Waals surface area (Å²) in [5, 5.41) is 8.88. The Labute approximate surface area is 189 Å². The van der Waals surface area contributed by atoms with Crippen LogP contribution in [0.15, 0.2) is 41.3 Å². The summed E-state index contributed by atoms with van der Waals surface area (Å²) in [6.45, 7) is 1.29. The zero-order chi connectivity index (χ0) is 24.0. The van der Waals surface area contributed by atoms with Crippen LogP contribution in [0.2, 0.25) is 0 Å². The Balaban J connectivity index is 1.67. The number of alkyl halides is 3. The Morgan fingerprint density at radius 3 is 2.61 bits per heavy atom. The van der Waals surface area contributed by atoms with Crippen molar-refractivity contribution < 1.29 is 36.2 Å². The van der Waals surface area contributed by atoms with Gasteiger partial charge >= 0.3 is 12.1 Å². The van der Waals surface area contributed by atoms with Gasteiger partial charge in [0.2, 0.25) is 10.0 Å². The second kappa shape index (κ2) is 8.32. The highest BCUT2D eigenvalue weighted by atomic mass is 32.2. The molecule has 0 unspecified atom stereocenters. The molecule has 0 heterocycles. The maximum absolute atomic E-state index is 13.5. The van der Waals surface area contributed by atoms with Crippen molar-refractivity contribution in [1.82, 2.24) is 4.72 Å². The van der Waals surface area contributed by atoms with Gasteiger partial charge in [-0.05, 0) is 78.5 Å². The van der Waals surface area contributed by atoms with Crippen LogP contribution in [-0.4, -0.2) is 26.1 Å². The summed E-state index contributed by atoms with van der Waals surface area (Å²) >= 11 is 0. The average molecular weight is 484 g/mol. The molecule has 2 aliphatic carbocycles. The van der Waals surface area contributed by atoms with Crippen molar-refractivity contribution in [3.63, 3.8) is 0 Å². The monoisotopic (exact) mass is 483 g/mol. The van der Waals surface area contributed by atoms with Crippen molar-refractivity contribution in [3.8, 4) is 5.75 Å². The van der Waals surface area contributed by atoms with Crippen LogP contribution in [0.4, 0.5) is 13.2 Å². The molecule has 2 aromatic rings. The molecule has 4 rings (SSSR count). The highest BCUT2D eigenvalue weighted by Gasteiger charge is 2.42. The molecule has 2 aliphatic rings. The summed E-state index contributed by atoms with van der Waals surface area (Å²) in [7, 11) is -4.26. The van der Waals surface area contributed by atoms with Crippen LogP contribution < -0.4 is 9.46 Å². The summed E-state index contributed by atoms with van der Waals surface area (Å²) < 4.78 is 74.8. The van der Waals surface area contributed by atoms with E-state index in [0.717, 1.165) is 6.07 Å². The van der Waals surface area contributed by atoms with E-state index >= 15 is 0 Å². The van der Waals surface area contributed by atoms with Gasteiger partial charge in [-0.1, -0.05) is 19.1 Å². The molecule has 10 heteroatoms. The first-order chi connectivity index (χ1) is 15.4. The summed E-state index contributed by atoms with van der Waals surface area (Å²) in [6.07, 6.45) is -1.61. The first-order valence-electron chi connectivity index (χ1n) is 10.6. The molecule has 0 saturated heterocycles. The van der Waals surface area contributed by atoms with E-state index in [1.807, 2.05) is 6.92 Å². The van der Waals surface area contributed by atoms with Gasteiger partial charge in [0.05, 0.1) is 10.5 Å². The van der Waals surface area contributed by atoms with E-state index in [1.165, 1.54) is 6.07 Å². The molecule has 33 heavy (non-hydrogen) atoms. The molecule has 0 aromatic heterocycles. The molecule has 0 amide bonds. The molecule has 2 N–H and O–H groups in total. The van der Waals surface area contributed by atoms with Gasteiger partial charge in [-0.3, -0.25) is 0 Å². The van der Waals surface area contributed by atoms with Crippen LogP contribution in [0.3, 0.4) is 0 Å². The number of sulfonamides is 1. The third kappa shape index (κ3) is 5.01. The minimum atomic E-state index is -4.67. The molecular formula is C23H24F3NO5S. The van der Waals surface area contributed by atoms with Gasteiger partial charge in [0.15, 0.2) is 6.61 Å². The number of halogens is 3. The first-order valence-corrected chi connectivity index (χ1v) is 12.1. The topological polar surface area (TPSA) is 92.7 Å². The van der Waals surface area contributed by atoms with Crippen molar-refractivity contribution in [2.24, 2.45) is 0 Å². The SMILES string of the molecule is CC1(c2cc(C(F)(F)F)cc(S(=O)(=O)N[C@@H]3CCCc4c(OCC(=O)O)cccc43)c2)CC1. The lowest BCUT2D eigenvalue weighted by atomic mass is 9.87. The Morgan fingerprint density at radius 1 is 1.24 bits per heavy atom. The Hall–Kier alpha value is -2.59. The highest BCUT2D eigenvalue weighted by molar-refractivity contribution is 7.89. The Bertz CT molecular complexity index is 1170. The van der Waals surface area contributed by atoms with Crippen LogP contribution in [0.5, 0.6) is 5.75 Å². The van der Waals surface area contributed by atoms with Crippen LogP contribution in [-0.2, 0) is 32.8 Å². The minimum absolute atomic E-state index is 0.363. The largest absolute Gasteiger partial charge is 0.482 e. The molecule has 178 valence electrons. The predicted molar refractivity (Wildman–Crippen MR) is 114 cm³/mol. The number of fused-ring (bicyclic) bond motifs is 1. The number of carboxylic acid groups (broad SMARTS) is 1. The molecule has 0 aliphatic heterocycles. The minimum Gasteiger partial charge on any atom is -0.482 e. The van der Waals surface area contributed by atoms with Gasteiger partial charge in [0.25, 0.3) is 0 Å². The summed E-state index contributed by atoms with van der Waals surface area (Å²) in [5.74, 6) is -0.771. The standard InChI is InChI=1S/C23H24F3NO5S/c1-22(8-9-22)14-10-15(23(24,25)26)12-16(11-14)33(30,31)27-19-6-2-5-18-17(19)4-3-7-20(18)32-13-21(28)29/h3-4,7,10-12,19,27H,2,5-6,8-9,13H2,1H3,(H,28,29)/t19-/m1/s1. The van der Waals surface area contributed by atoms with Crippen molar-refractivity contribution in [1.29, 1.82) is 0 Å². The number of aliphatic carboxylic acids is 1. The van der Waals surface area contributed by atoms with Crippen molar-refractivity contribution in [2.45, 2.75) is 61.6 Å². The number of benzene rings is 2. The summed E-state index contributed by atoms with van der Waals surface area (Å²) in [6, 6.07) is 7.36. The second-order valence-corrected chi connectivity index (χ2v) is 10.6. The van der Waals surface area contributed by atoms with Gasteiger partial charge in [-0.25, -0.2) is 17.9 Å². The number of hydrogen-bond donors (Lipinski definition) is 2. The Kier molecular flexibility index (Phi) is 5.94. The summed E-state index contributed by atoms with van der Waals surface area (Å²) in [4.78, 5) is 10.4. The molecule has 2 aromatic carbocycles. The van der Waals surface area contributed by atoms with E-state index in [4.69, 9.17) is 9.84 Å². The maximum atomic E-state index is 13.5. The van der Waals surface area contributed by atoms with Crippen LogP contribution >= 0.6 is 0 Å². The van der Waals surface area contributed by atoms with Gasteiger partial charge < -0.3 is 9.84 Å². The molecule has 0 spiro atoms. The number of rotatable bonds is 7. The molecule has 1 fully saturated rings. The molecule has 0 bridgehead atoms. The van der Waals surface area contributed by atoms with Crippen molar-refractivity contribution in [3.05, 3.63) is 58.7 Å². The second-order valence-electron chi connectivity index (χ2n) is 8.88. The van der Waals surface area contributed by atoms with E-state index in [-0.39, 0.29) is 0 Å². The zero-order valence-electron chi connectivity index (χ0n) is 17.9. The normalized spacial score (nSPS) is 19.6. The Morgan fingerprint density at radius 2 is 1.97 bits per heavy atom. The maximum Gasteiger partial charge on any atom is 0.416 e. The van der Waals surface area contributed by atoms with Crippen LogP contribution in [0.1, 0.15) is 60.9 Å². The molecular weight excluding hydrogens is 459 g/mol. The van der Waals surface area contributed by atoms with Crippen LogP contribution in [0.25, 0.3) is 0 Å². The lowest BCUT2D eigenvalue weighted by molar-refractivity contribution is -0.139. The highest BCUT2D eigenvalue weighted by Crippen LogP contribution is 2.49. The predicted octanol–water partition coefficient (Wildman–Crippen LogP) is 4.58. The fraction of sp³-hybridized carbons (Fsp3) is 0.435. The third-order valence-corrected chi connectivity index (χ3v) is 7.81. The van der Waals surface area contributed by atoms with Crippen LogP contribution in [0, 0.1) is 0 Å².